The molecule has 0 aromatic heterocycles. The average Bonchev–Trinajstić information content (AvgIpc) is 1.86. The zero-order chi connectivity index (χ0) is 7.49. The molecule has 0 spiro atoms. The molecule has 3 N–H and O–H groups in total. The Bertz CT molecular complexity index is 85.1. The molecule has 0 aromatic rings. The maximum atomic E-state index is 8.84. The molecule has 2 radical (unpaired) electrons. The van der Waals surface area contributed by atoms with Crippen LogP contribution in [0.25, 0.3) is 0 Å². The van der Waals surface area contributed by atoms with Gasteiger partial charge in [-0.25, -0.2) is 0 Å². The van der Waals surface area contributed by atoms with E-state index in [1.54, 1.807) is 0 Å². The van der Waals surface area contributed by atoms with Crippen molar-refractivity contribution in [1.82, 2.24) is 0 Å². The summed E-state index contributed by atoms with van der Waals surface area (Å²) in [5.41, 5.74) is 5.71. The van der Waals surface area contributed by atoms with Gasteiger partial charge in [0.1, 0.15) is 0 Å². The third-order valence-corrected chi connectivity index (χ3v) is 2.60. The standard InChI is InChI=1S/C6H15NOSi/c1-4-5(7)6(2,3)9-8/h5,8H,4,7H2,1-3H3. The summed E-state index contributed by atoms with van der Waals surface area (Å²) in [5, 5.41) is -0.0885. The van der Waals surface area contributed by atoms with Crippen molar-refractivity contribution in [3.05, 3.63) is 0 Å². The third-order valence-electron chi connectivity index (χ3n) is 1.65. The number of hydrogen-bond donors (Lipinski definition) is 2. The van der Waals surface area contributed by atoms with E-state index in [1.165, 1.54) is 0 Å². The number of hydrogen-bond acceptors (Lipinski definition) is 2. The fourth-order valence-electron chi connectivity index (χ4n) is 0.593. The zero-order valence-electron chi connectivity index (χ0n) is 6.31. The van der Waals surface area contributed by atoms with Crippen molar-refractivity contribution in [2.24, 2.45) is 5.73 Å². The molecule has 0 fully saturated rings. The summed E-state index contributed by atoms with van der Waals surface area (Å²) < 4.78 is 0. The van der Waals surface area contributed by atoms with Crippen LogP contribution in [0.3, 0.4) is 0 Å². The van der Waals surface area contributed by atoms with Gasteiger partial charge < -0.3 is 10.5 Å². The van der Waals surface area contributed by atoms with Crippen LogP contribution >= 0.6 is 0 Å². The molecule has 0 aliphatic carbocycles. The van der Waals surface area contributed by atoms with Gasteiger partial charge >= 0.3 is 0 Å². The highest BCUT2D eigenvalue weighted by Gasteiger charge is 2.25. The lowest BCUT2D eigenvalue weighted by atomic mass is 10.0. The average molecular weight is 145 g/mol. The Balaban J connectivity index is 3.80. The molecule has 0 rings (SSSR count). The first-order chi connectivity index (χ1) is 4.04. The van der Waals surface area contributed by atoms with Gasteiger partial charge in [-0.05, 0) is 11.5 Å². The molecule has 0 saturated carbocycles. The smallest absolute Gasteiger partial charge is 0.232 e. The van der Waals surface area contributed by atoms with Gasteiger partial charge in [-0.3, -0.25) is 0 Å². The van der Waals surface area contributed by atoms with Crippen LogP contribution in [-0.2, 0) is 0 Å². The van der Waals surface area contributed by atoms with E-state index in [2.05, 4.69) is 0 Å². The summed E-state index contributed by atoms with van der Waals surface area (Å²) in [6.07, 6.45) is 0.931. The summed E-state index contributed by atoms with van der Waals surface area (Å²) in [6.45, 7) is 6.01. The Morgan fingerprint density at radius 1 is 1.67 bits per heavy atom. The quantitative estimate of drug-likeness (QED) is 0.569. The highest BCUT2D eigenvalue weighted by molar-refractivity contribution is 6.30. The van der Waals surface area contributed by atoms with E-state index in [4.69, 9.17) is 10.5 Å². The Labute approximate surface area is 59.4 Å². The summed E-state index contributed by atoms with van der Waals surface area (Å²) in [5.74, 6) is 0. The predicted octanol–water partition coefficient (Wildman–Crippen LogP) is 0.534. The monoisotopic (exact) mass is 145 g/mol. The van der Waals surface area contributed by atoms with Crippen LogP contribution in [0.1, 0.15) is 27.2 Å². The van der Waals surface area contributed by atoms with E-state index in [9.17, 15) is 0 Å². The highest BCUT2D eigenvalue weighted by Crippen LogP contribution is 2.26. The van der Waals surface area contributed by atoms with Crippen molar-refractivity contribution in [1.29, 1.82) is 0 Å². The van der Waals surface area contributed by atoms with Gasteiger partial charge in [-0.2, -0.15) is 0 Å². The second-order valence-corrected chi connectivity index (χ2v) is 4.36. The first-order valence-corrected chi connectivity index (χ1v) is 4.16. The van der Waals surface area contributed by atoms with Gasteiger partial charge in [0, 0.05) is 6.04 Å². The maximum Gasteiger partial charge on any atom is 0.232 e. The molecule has 0 aliphatic heterocycles. The molecule has 0 saturated heterocycles. The molecule has 0 aliphatic rings. The van der Waals surface area contributed by atoms with Crippen molar-refractivity contribution < 1.29 is 4.80 Å². The molecule has 54 valence electrons. The SMILES string of the molecule is CCC(N)C(C)(C)[Si]O. The Morgan fingerprint density at radius 3 is 2.22 bits per heavy atom. The van der Waals surface area contributed by atoms with E-state index in [-0.39, 0.29) is 20.8 Å². The lowest BCUT2D eigenvalue weighted by Gasteiger charge is -2.26. The summed E-state index contributed by atoms with van der Waals surface area (Å²) in [4.78, 5) is 8.84. The van der Waals surface area contributed by atoms with Crippen molar-refractivity contribution in [2.45, 2.75) is 38.3 Å². The van der Waals surface area contributed by atoms with Gasteiger partial charge in [0.2, 0.25) is 9.76 Å². The first kappa shape index (κ1) is 9.14. The van der Waals surface area contributed by atoms with Crippen LogP contribution in [0.4, 0.5) is 0 Å². The molecular formula is C6H15NOSi. The molecule has 1 atom stereocenters. The van der Waals surface area contributed by atoms with Crippen LogP contribution in [0, 0.1) is 0 Å². The van der Waals surface area contributed by atoms with Crippen LogP contribution < -0.4 is 5.73 Å². The molecule has 9 heavy (non-hydrogen) atoms. The molecular weight excluding hydrogens is 130 g/mol. The topological polar surface area (TPSA) is 46.2 Å². The molecule has 0 amide bonds. The van der Waals surface area contributed by atoms with Crippen molar-refractivity contribution in [3.8, 4) is 0 Å². The van der Waals surface area contributed by atoms with E-state index < -0.39 is 0 Å². The lowest BCUT2D eigenvalue weighted by molar-refractivity contribution is 0.444. The Kier molecular flexibility index (Phi) is 3.39. The minimum absolute atomic E-state index is 0.0534. The van der Waals surface area contributed by atoms with Gasteiger partial charge in [-0.15, -0.1) is 0 Å². The predicted molar refractivity (Wildman–Crippen MR) is 40.3 cm³/mol. The zero-order valence-corrected chi connectivity index (χ0v) is 7.31. The summed E-state index contributed by atoms with van der Waals surface area (Å²) in [6, 6.07) is 0.126. The summed E-state index contributed by atoms with van der Waals surface area (Å²) in [7, 11) is -0.0534. The number of nitrogens with two attached hydrogens (primary N) is 1. The van der Waals surface area contributed by atoms with Crippen LogP contribution in [0.5, 0.6) is 0 Å². The fraction of sp³-hybridized carbons (Fsp3) is 1.00. The Morgan fingerprint density at radius 2 is 2.11 bits per heavy atom. The summed E-state index contributed by atoms with van der Waals surface area (Å²) >= 11 is 0. The molecule has 0 aromatic carbocycles. The molecule has 1 unspecified atom stereocenters. The first-order valence-electron chi connectivity index (χ1n) is 3.21. The minimum atomic E-state index is -0.0885. The van der Waals surface area contributed by atoms with Crippen molar-refractivity contribution in [3.63, 3.8) is 0 Å². The second kappa shape index (κ2) is 3.34. The lowest BCUT2D eigenvalue weighted by Crippen LogP contribution is -2.35. The molecule has 2 nitrogen and oxygen atoms in total. The van der Waals surface area contributed by atoms with Gasteiger partial charge in [0.05, 0.1) is 0 Å². The molecule has 0 heterocycles. The third kappa shape index (κ3) is 2.47. The van der Waals surface area contributed by atoms with Crippen molar-refractivity contribution in [2.75, 3.05) is 0 Å². The molecule has 3 heteroatoms. The van der Waals surface area contributed by atoms with Crippen LogP contribution in [-0.4, -0.2) is 20.6 Å². The van der Waals surface area contributed by atoms with Crippen LogP contribution in [0.2, 0.25) is 5.04 Å². The van der Waals surface area contributed by atoms with E-state index in [0.29, 0.717) is 0 Å². The van der Waals surface area contributed by atoms with Gasteiger partial charge in [0.15, 0.2) is 0 Å². The fourth-order valence-corrected chi connectivity index (χ4v) is 0.963. The van der Waals surface area contributed by atoms with Crippen LogP contribution in [0.15, 0.2) is 0 Å². The highest BCUT2D eigenvalue weighted by atomic mass is 28.2. The van der Waals surface area contributed by atoms with Crippen molar-refractivity contribution >= 4 is 9.76 Å². The second-order valence-electron chi connectivity index (χ2n) is 2.85. The van der Waals surface area contributed by atoms with E-state index >= 15 is 0 Å². The maximum absolute atomic E-state index is 8.84. The van der Waals surface area contributed by atoms with Gasteiger partial charge in [-0.1, -0.05) is 20.8 Å². The Hall–Kier alpha value is 0.137. The normalized spacial score (nSPS) is 15.7. The largest absolute Gasteiger partial charge is 0.431 e. The number of rotatable bonds is 3. The van der Waals surface area contributed by atoms with E-state index in [1.807, 2.05) is 20.8 Å². The van der Waals surface area contributed by atoms with E-state index in [0.717, 1.165) is 6.42 Å². The molecule has 0 bridgehead atoms. The van der Waals surface area contributed by atoms with Gasteiger partial charge in [0.25, 0.3) is 0 Å². The minimum Gasteiger partial charge on any atom is -0.431 e.